The molecule has 1 atom stereocenters. The van der Waals surface area contributed by atoms with Crippen LogP contribution in [0.1, 0.15) is 99.7 Å². The van der Waals surface area contributed by atoms with Crippen molar-refractivity contribution in [3.8, 4) is 0 Å². The van der Waals surface area contributed by atoms with Crippen LogP contribution in [0.3, 0.4) is 0 Å². The first kappa shape index (κ1) is 33.2. The first-order chi connectivity index (χ1) is 21.3. The van der Waals surface area contributed by atoms with Crippen LogP contribution in [0.4, 0.5) is 11.8 Å². The summed E-state index contributed by atoms with van der Waals surface area (Å²) in [6, 6.07) is 8.49. The molecule has 0 saturated heterocycles. The fourth-order valence-electron chi connectivity index (χ4n) is 6.33. The average Bonchev–Trinajstić information content (AvgIpc) is 3.03. The van der Waals surface area contributed by atoms with Gasteiger partial charge in [-0.1, -0.05) is 32.0 Å². The van der Waals surface area contributed by atoms with E-state index in [1.807, 2.05) is 34.0 Å². The van der Waals surface area contributed by atoms with Gasteiger partial charge in [0.1, 0.15) is 11.9 Å². The highest BCUT2D eigenvalue weighted by Crippen LogP contribution is 2.29. The third kappa shape index (κ3) is 9.16. The Balaban J connectivity index is 1.29. The molecule has 1 unspecified atom stereocenters. The van der Waals surface area contributed by atoms with Gasteiger partial charge in [0, 0.05) is 56.8 Å². The second-order valence-electron chi connectivity index (χ2n) is 12.4. The fourth-order valence-corrected chi connectivity index (χ4v) is 6.33. The van der Waals surface area contributed by atoms with Crippen LogP contribution in [-0.4, -0.2) is 77.9 Å². The van der Waals surface area contributed by atoms with Gasteiger partial charge in [0.2, 0.25) is 17.8 Å². The molecule has 0 aliphatic heterocycles. The number of carbonyl (C=O) groups is 3. The molecule has 4 rings (SSSR count). The lowest BCUT2D eigenvalue weighted by Gasteiger charge is -2.31. The summed E-state index contributed by atoms with van der Waals surface area (Å²) in [5.74, 6) is 1.21. The molecule has 0 radical (unpaired) electrons. The second-order valence-corrected chi connectivity index (χ2v) is 12.4. The monoisotopic (exact) mass is 605 g/mol. The second kappa shape index (κ2) is 16.4. The number of hydrogen-bond acceptors (Lipinski definition) is 7. The van der Waals surface area contributed by atoms with E-state index in [2.05, 4.69) is 20.9 Å². The van der Waals surface area contributed by atoms with Crippen molar-refractivity contribution in [2.45, 2.75) is 109 Å². The van der Waals surface area contributed by atoms with Gasteiger partial charge < -0.3 is 25.8 Å². The van der Waals surface area contributed by atoms with Crippen molar-refractivity contribution in [1.29, 1.82) is 0 Å². The molecular weight excluding hydrogens is 554 g/mol. The fraction of sp³-hybridized carbons (Fsp3) is 0.618. The number of nitrogens with zero attached hydrogens (tertiary/aromatic N) is 4. The van der Waals surface area contributed by atoms with E-state index in [0.29, 0.717) is 24.6 Å². The Morgan fingerprint density at radius 3 is 2.23 bits per heavy atom. The zero-order chi connectivity index (χ0) is 31.5. The predicted octanol–water partition coefficient (Wildman–Crippen LogP) is 4.49. The van der Waals surface area contributed by atoms with E-state index in [1.54, 1.807) is 29.2 Å². The van der Waals surface area contributed by atoms with Crippen LogP contribution >= 0.6 is 0 Å². The van der Waals surface area contributed by atoms with Gasteiger partial charge in [-0.3, -0.25) is 14.4 Å². The van der Waals surface area contributed by atoms with E-state index in [9.17, 15) is 14.4 Å². The Morgan fingerprint density at radius 1 is 0.909 bits per heavy atom. The minimum atomic E-state index is -0.754. The van der Waals surface area contributed by atoms with Gasteiger partial charge in [-0.25, -0.2) is 4.98 Å². The first-order valence-electron chi connectivity index (χ1n) is 16.6. The lowest BCUT2D eigenvalue weighted by atomic mass is 9.91. The molecule has 1 fully saturated rings. The summed E-state index contributed by atoms with van der Waals surface area (Å²) < 4.78 is 0. The summed E-state index contributed by atoms with van der Waals surface area (Å²) in [6.45, 7) is 5.32. The molecule has 2 aromatic rings. The van der Waals surface area contributed by atoms with Crippen LogP contribution in [-0.2, 0) is 22.4 Å². The SMILES string of the molecule is CCCN(CCC)C(=O)C(CCC(=O)NC1CCC(Nc2nc3c(c(N(C)C)n2)CCCC3)CC1)NC(=O)c1ccccc1. The number of aryl methyl sites for hydroxylation is 1. The molecular formula is C34H51N7O3. The summed E-state index contributed by atoms with van der Waals surface area (Å²) >= 11 is 0. The van der Waals surface area contributed by atoms with Crippen molar-refractivity contribution in [3.05, 3.63) is 47.2 Å². The van der Waals surface area contributed by atoms with Crippen molar-refractivity contribution >= 4 is 29.5 Å². The Hall–Kier alpha value is -3.69. The maximum Gasteiger partial charge on any atom is 0.251 e. The minimum Gasteiger partial charge on any atom is -0.362 e. The molecule has 3 amide bonds. The minimum absolute atomic E-state index is 0.0839. The number of carbonyl (C=O) groups excluding carboxylic acids is 3. The van der Waals surface area contributed by atoms with E-state index in [4.69, 9.17) is 9.97 Å². The molecule has 0 spiro atoms. The van der Waals surface area contributed by atoms with Crippen molar-refractivity contribution in [3.63, 3.8) is 0 Å². The number of hydrogen-bond donors (Lipinski definition) is 3. The van der Waals surface area contributed by atoms with Crippen LogP contribution in [0.5, 0.6) is 0 Å². The number of rotatable bonds is 14. The van der Waals surface area contributed by atoms with E-state index in [-0.39, 0.29) is 42.6 Å². The summed E-state index contributed by atoms with van der Waals surface area (Å²) in [6.07, 6.45) is 10.1. The van der Waals surface area contributed by atoms with Crippen LogP contribution in [0.15, 0.2) is 30.3 Å². The normalized spacial score (nSPS) is 18.5. The van der Waals surface area contributed by atoms with E-state index < -0.39 is 6.04 Å². The molecule has 1 aromatic carbocycles. The number of nitrogens with one attached hydrogen (secondary N) is 3. The van der Waals surface area contributed by atoms with E-state index in [1.165, 1.54) is 24.1 Å². The van der Waals surface area contributed by atoms with Gasteiger partial charge >= 0.3 is 0 Å². The molecule has 2 aliphatic rings. The molecule has 240 valence electrons. The number of fused-ring (bicyclic) bond motifs is 1. The largest absolute Gasteiger partial charge is 0.362 e. The third-order valence-electron chi connectivity index (χ3n) is 8.61. The number of amides is 3. The molecule has 1 saturated carbocycles. The Labute approximate surface area is 262 Å². The van der Waals surface area contributed by atoms with Gasteiger partial charge in [0.05, 0.1) is 5.69 Å². The van der Waals surface area contributed by atoms with Crippen LogP contribution in [0, 0.1) is 0 Å². The zero-order valence-electron chi connectivity index (χ0n) is 27.0. The molecule has 3 N–H and O–H groups in total. The topological polar surface area (TPSA) is 120 Å². The van der Waals surface area contributed by atoms with Crippen molar-refractivity contribution in [1.82, 2.24) is 25.5 Å². The molecule has 10 nitrogen and oxygen atoms in total. The van der Waals surface area contributed by atoms with Crippen LogP contribution in [0.25, 0.3) is 0 Å². The highest BCUT2D eigenvalue weighted by atomic mass is 16.2. The Morgan fingerprint density at radius 2 is 1.57 bits per heavy atom. The van der Waals surface area contributed by atoms with Gasteiger partial charge in [0.25, 0.3) is 5.91 Å². The number of benzene rings is 1. The molecule has 10 heteroatoms. The summed E-state index contributed by atoms with van der Waals surface area (Å²) in [5, 5.41) is 9.67. The van der Waals surface area contributed by atoms with Crippen molar-refractivity contribution in [2.24, 2.45) is 0 Å². The van der Waals surface area contributed by atoms with Crippen molar-refractivity contribution < 1.29 is 14.4 Å². The number of anilines is 2. The highest BCUT2D eigenvalue weighted by Gasteiger charge is 2.28. The van der Waals surface area contributed by atoms with Crippen LogP contribution in [0.2, 0.25) is 0 Å². The lowest BCUT2D eigenvalue weighted by Crippen LogP contribution is -2.49. The molecule has 1 aromatic heterocycles. The maximum atomic E-state index is 13.5. The quantitative estimate of drug-likeness (QED) is 0.290. The van der Waals surface area contributed by atoms with Gasteiger partial charge in [0.15, 0.2) is 0 Å². The summed E-state index contributed by atoms with van der Waals surface area (Å²) in [5.41, 5.74) is 2.95. The van der Waals surface area contributed by atoms with Gasteiger partial charge in [-0.2, -0.15) is 4.98 Å². The van der Waals surface area contributed by atoms with Crippen molar-refractivity contribution in [2.75, 3.05) is 37.4 Å². The highest BCUT2D eigenvalue weighted by molar-refractivity contribution is 5.97. The van der Waals surface area contributed by atoms with Gasteiger partial charge in [-0.05, 0) is 82.8 Å². The Kier molecular flexibility index (Phi) is 12.4. The standard InChI is InChI=1S/C34H51N7O3/c1-5-22-41(23-6-2)33(44)29(37-32(43)24-12-8-7-9-13-24)20-21-30(42)35-25-16-18-26(19-17-25)36-34-38-28-15-11-10-14-27(28)31(39-34)40(3)4/h7-9,12-13,25-26,29H,5-6,10-11,14-23H2,1-4H3,(H,35,42)(H,37,43)(H,36,38,39). The average molecular weight is 606 g/mol. The number of aromatic nitrogens is 2. The van der Waals surface area contributed by atoms with Crippen LogP contribution < -0.4 is 20.9 Å². The first-order valence-corrected chi connectivity index (χ1v) is 16.6. The zero-order valence-corrected chi connectivity index (χ0v) is 27.0. The summed E-state index contributed by atoms with van der Waals surface area (Å²) in [4.78, 5) is 53.1. The smallest absolute Gasteiger partial charge is 0.251 e. The van der Waals surface area contributed by atoms with E-state index >= 15 is 0 Å². The Bertz CT molecular complexity index is 1240. The maximum absolute atomic E-state index is 13.5. The third-order valence-corrected chi connectivity index (χ3v) is 8.61. The predicted molar refractivity (Wildman–Crippen MR) is 175 cm³/mol. The molecule has 2 aliphatic carbocycles. The molecule has 0 bridgehead atoms. The molecule has 44 heavy (non-hydrogen) atoms. The molecule has 1 heterocycles. The lowest BCUT2D eigenvalue weighted by molar-refractivity contribution is -0.133. The van der Waals surface area contributed by atoms with Gasteiger partial charge in [-0.15, -0.1) is 0 Å². The van der Waals surface area contributed by atoms with E-state index in [0.717, 1.165) is 57.2 Å². The summed E-state index contributed by atoms with van der Waals surface area (Å²) in [7, 11) is 4.08.